The second-order valence-electron chi connectivity index (χ2n) is 4.66. The quantitative estimate of drug-likeness (QED) is 0.928. The number of piperidine rings is 1. The van der Waals surface area contributed by atoms with E-state index in [2.05, 4.69) is 0 Å². The molecule has 0 aromatic heterocycles. The molecule has 0 bridgehead atoms. The molecular formula is C12H15Cl2NO3S. The van der Waals surface area contributed by atoms with E-state index < -0.39 is 16.1 Å². The fourth-order valence-electron chi connectivity index (χ4n) is 2.10. The average Bonchev–Trinajstić information content (AvgIpc) is 2.33. The summed E-state index contributed by atoms with van der Waals surface area (Å²) >= 11 is 11.7. The van der Waals surface area contributed by atoms with Gasteiger partial charge >= 0.3 is 0 Å². The third kappa shape index (κ3) is 3.83. The minimum absolute atomic E-state index is 0.128. The van der Waals surface area contributed by atoms with Gasteiger partial charge < -0.3 is 5.11 Å². The molecule has 1 N–H and O–H groups in total. The summed E-state index contributed by atoms with van der Waals surface area (Å²) < 4.78 is 25.8. The molecule has 1 aromatic rings. The molecule has 106 valence electrons. The van der Waals surface area contributed by atoms with Gasteiger partial charge in [-0.2, -0.15) is 4.31 Å². The van der Waals surface area contributed by atoms with Crippen LogP contribution >= 0.6 is 23.2 Å². The third-order valence-corrected chi connectivity index (χ3v) is 5.64. The monoisotopic (exact) mass is 323 g/mol. The van der Waals surface area contributed by atoms with Gasteiger partial charge in [0.15, 0.2) is 0 Å². The van der Waals surface area contributed by atoms with Crippen LogP contribution in [-0.2, 0) is 15.8 Å². The number of nitrogens with zero attached hydrogens (tertiary/aromatic N) is 1. The Morgan fingerprint density at radius 2 is 2.05 bits per heavy atom. The SMILES string of the molecule is O=S(=O)(Cc1ccc(Cl)c(Cl)c1)N1CCCC(O)C1. The lowest BCUT2D eigenvalue weighted by Gasteiger charge is -2.29. The molecule has 19 heavy (non-hydrogen) atoms. The van der Waals surface area contributed by atoms with E-state index >= 15 is 0 Å². The minimum atomic E-state index is -3.43. The first kappa shape index (κ1) is 15.1. The number of sulfonamides is 1. The standard InChI is InChI=1S/C12H15Cl2NO3S/c13-11-4-3-9(6-12(11)14)8-19(17,18)15-5-1-2-10(16)7-15/h3-4,6,10,16H,1-2,5,7-8H2. The summed E-state index contributed by atoms with van der Waals surface area (Å²) in [4.78, 5) is 0. The lowest BCUT2D eigenvalue weighted by Crippen LogP contribution is -2.42. The minimum Gasteiger partial charge on any atom is -0.392 e. The average molecular weight is 324 g/mol. The summed E-state index contributed by atoms with van der Waals surface area (Å²) in [5.41, 5.74) is 0.592. The zero-order valence-corrected chi connectivity index (χ0v) is 12.5. The Morgan fingerprint density at radius 1 is 1.32 bits per heavy atom. The maximum absolute atomic E-state index is 12.2. The van der Waals surface area contributed by atoms with Crippen LogP contribution in [0.25, 0.3) is 0 Å². The Kier molecular flexibility index (Phi) is 4.74. The van der Waals surface area contributed by atoms with Crippen molar-refractivity contribution in [3.63, 3.8) is 0 Å². The predicted octanol–water partition coefficient (Wildman–Crippen LogP) is 2.28. The number of halogens is 2. The number of rotatable bonds is 3. The molecule has 1 fully saturated rings. The van der Waals surface area contributed by atoms with Crippen molar-refractivity contribution in [2.75, 3.05) is 13.1 Å². The number of hydrogen-bond acceptors (Lipinski definition) is 3. The molecule has 1 aliphatic rings. The summed E-state index contributed by atoms with van der Waals surface area (Å²) in [6.45, 7) is 0.629. The van der Waals surface area contributed by atoms with Crippen molar-refractivity contribution in [1.82, 2.24) is 4.31 Å². The van der Waals surface area contributed by atoms with Gasteiger partial charge in [-0.05, 0) is 30.5 Å². The van der Waals surface area contributed by atoms with Gasteiger partial charge in [-0.15, -0.1) is 0 Å². The second-order valence-corrected chi connectivity index (χ2v) is 7.44. The number of aliphatic hydroxyl groups excluding tert-OH is 1. The van der Waals surface area contributed by atoms with Crippen LogP contribution < -0.4 is 0 Å². The predicted molar refractivity (Wildman–Crippen MR) is 75.9 cm³/mol. The summed E-state index contributed by atoms with van der Waals surface area (Å²) in [7, 11) is -3.43. The van der Waals surface area contributed by atoms with Crippen LogP contribution in [0.1, 0.15) is 18.4 Å². The molecule has 1 heterocycles. The number of β-amino-alcohol motifs (C(OH)–C–C–N with tert-alkyl or cyclic N) is 1. The van der Waals surface area contributed by atoms with Crippen LogP contribution in [0.15, 0.2) is 18.2 Å². The zero-order chi connectivity index (χ0) is 14.0. The van der Waals surface area contributed by atoms with Crippen molar-refractivity contribution in [2.24, 2.45) is 0 Å². The van der Waals surface area contributed by atoms with Crippen LogP contribution in [0.4, 0.5) is 0 Å². The highest BCUT2D eigenvalue weighted by Crippen LogP contribution is 2.24. The van der Waals surface area contributed by atoms with Crippen molar-refractivity contribution in [3.8, 4) is 0 Å². The molecule has 0 radical (unpaired) electrons. The van der Waals surface area contributed by atoms with Crippen molar-refractivity contribution < 1.29 is 13.5 Å². The van der Waals surface area contributed by atoms with Gasteiger partial charge in [0.2, 0.25) is 10.0 Å². The van der Waals surface area contributed by atoms with Gasteiger partial charge in [-0.1, -0.05) is 29.3 Å². The molecule has 1 atom stereocenters. The van der Waals surface area contributed by atoms with Gasteiger partial charge in [0.05, 0.1) is 21.9 Å². The van der Waals surface area contributed by atoms with E-state index in [-0.39, 0.29) is 12.3 Å². The second kappa shape index (κ2) is 5.97. The van der Waals surface area contributed by atoms with Crippen LogP contribution in [-0.4, -0.2) is 37.0 Å². The van der Waals surface area contributed by atoms with Crippen molar-refractivity contribution in [3.05, 3.63) is 33.8 Å². The molecular weight excluding hydrogens is 309 g/mol. The normalized spacial score (nSPS) is 21.5. The van der Waals surface area contributed by atoms with Gasteiger partial charge in [-0.3, -0.25) is 0 Å². The molecule has 1 aliphatic heterocycles. The van der Waals surface area contributed by atoms with Crippen LogP contribution in [0.3, 0.4) is 0 Å². The Labute approximate surface area is 123 Å². The molecule has 1 aromatic carbocycles. The molecule has 0 spiro atoms. The number of benzene rings is 1. The Hall–Kier alpha value is -0.330. The maximum Gasteiger partial charge on any atom is 0.218 e. The van der Waals surface area contributed by atoms with E-state index in [9.17, 15) is 13.5 Å². The summed E-state index contributed by atoms with van der Waals surface area (Å²) in [5, 5.41) is 10.3. The third-order valence-electron chi connectivity index (χ3n) is 3.09. The molecule has 1 unspecified atom stereocenters. The van der Waals surface area contributed by atoms with Gasteiger partial charge in [0.25, 0.3) is 0 Å². The van der Waals surface area contributed by atoms with E-state index in [0.29, 0.717) is 35.0 Å². The molecule has 0 amide bonds. The Morgan fingerprint density at radius 3 is 2.68 bits per heavy atom. The first-order valence-electron chi connectivity index (χ1n) is 5.98. The molecule has 4 nitrogen and oxygen atoms in total. The highest BCUT2D eigenvalue weighted by Gasteiger charge is 2.28. The molecule has 2 rings (SSSR count). The largest absolute Gasteiger partial charge is 0.392 e. The number of hydrogen-bond donors (Lipinski definition) is 1. The fourth-order valence-corrected chi connectivity index (χ4v) is 4.02. The molecule has 1 saturated heterocycles. The number of aliphatic hydroxyl groups is 1. The van der Waals surface area contributed by atoms with Crippen LogP contribution in [0.5, 0.6) is 0 Å². The van der Waals surface area contributed by atoms with Crippen molar-refractivity contribution in [2.45, 2.75) is 24.7 Å². The Balaban J connectivity index is 2.14. The summed E-state index contributed by atoms with van der Waals surface area (Å²) in [6, 6.07) is 4.79. The highest BCUT2D eigenvalue weighted by molar-refractivity contribution is 7.88. The maximum atomic E-state index is 12.2. The van der Waals surface area contributed by atoms with E-state index in [1.54, 1.807) is 18.2 Å². The van der Waals surface area contributed by atoms with E-state index in [4.69, 9.17) is 23.2 Å². The molecule has 0 aliphatic carbocycles. The van der Waals surface area contributed by atoms with E-state index in [0.717, 1.165) is 0 Å². The highest BCUT2D eigenvalue weighted by atomic mass is 35.5. The van der Waals surface area contributed by atoms with E-state index in [1.807, 2.05) is 0 Å². The fraction of sp³-hybridized carbons (Fsp3) is 0.500. The zero-order valence-electron chi connectivity index (χ0n) is 10.2. The Bertz CT molecular complexity index is 562. The summed E-state index contributed by atoms with van der Waals surface area (Å²) in [6.07, 6.45) is 0.762. The first-order chi connectivity index (χ1) is 8.88. The van der Waals surface area contributed by atoms with Gasteiger partial charge in [0, 0.05) is 13.1 Å². The van der Waals surface area contributed by atoms with Gasteiger partial charge in [-0.25, -0.2) is 8.42 Å². The molecule has 7 heteroatoms. The van der Waals surface area contributed by atoms with Crippen molar-refractivity contribution >= 4 is 33.2 Å². The van der Waals surface area contributed by atoms with E-state index in [1.165, 1.54) is 4.31 Å². The van der Waals surface area contributed by atoms with Crippen LogP contribution in [0.2, 0.25) is 10.0 Å². The van der Waals surface area contributed by atoms with Crippen molar-refractivity contribution in [1.29, 1.82) is 0 Å². The lowest BCUT2D eigenvalue weighted by molar-refractivity contribution is 0.108. The molecule has 0 saturated carbocycles. The first-order valence-corrected chi connectivity index (χ1v) is 8.35. The summed E-state index contributed by atoms with van der Waals surface area (Å²) in [5.74, 6) is -0.128. The van der Waals surface area contributed by atoms with Gasteiger partial charge in [0.1, 0.15) is 0 Å². The topological polar surface area (TPSA) is 57.6 Å². The van der Waals surface area contributed by atoms with Crippen LogP contribution in [0, 0.1) is 0 Å². The smallest absolute Gasteiger partial charge is 0.218 e. The lowest BCUT2D eigenvalue weighted by atomic mass is 10.1.